The Labute approximate surface area is 313 Å². The van der Waals surface area contributed by atoms with E-state index >= 15 is 0 Å². The number of amides is 1. The Bertz CT molecular complexity index is 765. The summed E-state index contributed by atoms with van der Waals surface area (Å²) in [6.07, 6.45) is 54.8. The van der Waals surface area contributed by atoms with Gasteiger partial charge in [0.2, 0.25) is 0 Å². The van der Waals surface area contributed by atoms with Crippen molar-refractivity contribution < 1.29 is 9.53 Å². The predicted molar refractivity (Wildman–Crippen MR) is 223 cm³/mol. The van der Waals surface area contributed by atoms with Crippen LogP contribution in [0.4, 0.5) is 4.79 Å². The lowest BCUT2D eigenvalue weighted by Crippen LogP contribution is -2.33. The zero-order valence-electron chi connectivity index (χ0n) is 34.3. The molecule has 4 heteroatoms. The van der Waals surface area contributed by atoms with Gasteiger partial charge in [0.05, 0.1) is 0 Å². The van der Waals surface area contributed by atoms with Crippen molar-refractivity contribution >= 4 is 6.09 Å². The third kappa shape index (κ3) is 37.4. The summed E-state index contributed by atoms with van der Waals surface area (Å²) in [5.74, 6) is 0. The summed E-state index contributed by atoms with van der Waals surface area (Å²) in [6, 6.07) is 0. The molecule has 0 saturated carbocycles. The number of allylic oxidation sites excluding steroid dienone is 8. The highest BCUT2D eigenvalue weighted by molar-refractivity contribution is 5.67. The van der Waals surface area contributed by atoms with Crippen LogP contribution in [0, 0.1) is 0 Å². The topological polar surface area (TPSA) is 32.8 Å². The molecule has 0 aromatic rings. The lowest BCUT2D eigenvalue weighted by molar-refractivity contribution is 0.0577. The molecule has 0 unspecified atom stereocenters. The van der Waals surface area contributed by atoms with Gasteiger partial charge in [-0.25, -0.2) is 4.79 Å². The summed E-state index contributed by atoms with van der Waals surface area (Å²) in [5.41, 5.74) is 0. The van der Waals surface area contributed by atoms with Crippen LogP contribution in [0.15, 0.2) is 48.6 Å². The van der Waals surface area contributed by atoms with Crippen LogP contribution in [0.25, 0.3) is 0 Å². The van der Waals surface area contributed by atoms with Crippen molar-refractivity contribution in [1.29, 1.82) is 0 Å². The zero-order chi connectivity index (χ0) is 36.6. The van der Waals surface area contributed by atoms with Crippen molar-refractivity contribution in [3.05, 3.63) is 48.6 Å². The summed E-state index contributed by atoms with van der Waals surface area (Å²) in [6.45, 7) is 6.27. The minimum atomic E-state index is -0.136. The molecule has 0 spiro atoms. The molecule has 0 radical (unpaired) electrons. The first-order valence-corrected chi connectivity index (χ1v) is 21.7. The fourth-order valence-corrected chi connectivity index (χ4v) is 6.28. The van der Waals surface area contributed by atoms with Gasteiger partial charge in [0.15, 0.2) is 0 Å². The number of rotatable bonds is 37. The molecule has 0 saturated heterocycles. The van der Waals surface area contributed by atoms with Gasteiger partial charge in [0.25, 0.3) is 0 Å². The highest BCUT2D eigenvalue weighted by atomic mass is 16.6. The van der Waals surface area contributed by atoms with E-state index in [1.807, 2.05) is 7.05 Å². The van der Waals surface area contributed by atoms with E-state index in [1.165, 1.54) is 154 Å². The molecule has 292 valence electrons. The average Bonchev–Trinajstić information content (AvgIpc) is 3.10. The highest BCUT2D eigenvalue weighted by Gasteiger charge is 2.17. The Morgan fingerprint density at radius 2 is 0.820 bits per heavy atom. The zero-order valence-corrected chi connectivity index (χ0v) is 34.3. The van der Waals surface area contributed by atoms with Crippen molar-refractivity contribution in [2.45, 2.75) is 206 Å². The molecular weight excluding hydrogens is 613 g/mol. The number of carbonyl (C=O) groups is 1. The van der Waals surface area contributed by atoms with Gasteiger partial charge in [0, 0.05) is 13.6 Å². The van der Waals surface area contributed by atoms with Gasteiger partial charge in [0.1, 0.15) is 6.10 Å². The summed E-state index contributed by atoms with van der Waals surface area (Å²) >= 11 is 0. The van der Waals surface area contributed by atoms with Gasteiger partial charge in [-0.3, -0.25) is 0 Å². The van der Waals surface area contributed by atoms with Gasteiger partial charge in [-0.05, 0) is 117 Å². The van der Waals surface area contributed by atoms with Gasteiger partial charge in [-0.2, -0.15) is 0 Å². The third-order valence-electron chi connectivity index (χ3n) is 9.63. The van der Waals surface area contributed by atoms with Gasteiger partial charge in [-0.15, -0.1) is 0 Å². The van der Waals surface area contributed by atoms with E-state index in [0.717, 1.165) is 45.2 Å². The van der Waals surface area contributed by atoms with Crippen molar-refractivity contribution in [2.24, 2.45) is 0 Å². The van der Waals surface area contributed by atoms with Crippen molar-refractivity contribution in [3.8, 4) is 0 Å². The van der Waals surface area contributed by atoms with Crippen molar-refractivity contribution in [1.82, 2.24) is 9.80 Å². The molecule has 0 aliphatic carbocycles. The van der Waals surface area contributed by atoms with Crippen LogP contribution in [-0.4, -0.2) is 56.2 Å². The number of unbranched alkanes of at least 4 members (excludes halogenated alkanes) is 20. The van der Waals surface area contributed by atoms with Crippen LogP contribution in [0.5, 0.6) is 0 Å². The monoisotopic (exact) mass is 699 g/mol. The second-order valence-electron chi connectivity index (χ2n) is 15.0. The fraction of sp³-hybridized carbons (Fsp3) is 0.804. The lowest BCUT2D eigenvalue weighted by atomic mass is 10.0. The first-order chi connectivity index (χ1) is 24.5. The third-order valence-corrected chi connectivity index (χ3v) is 9.63. The van der Waals surface area contributed by atoms with Crippen LogP contribution in [0.3, 0.4) is 0 Å². The molecule has 1 amide bonds. The van der Waals surface area contributed by atoms with Gasteiger partial charge >= 0.3 is 6.09 Å². The molecule has 0 aliphatic heterocycles. The normalized spacial score (nSPS) is 12.3. The first kappa shape index (κ1) is 48.2. The van der Waals surface area contributed by atoms with E-state index in [2.05, 4.69) is 81.5 Å². The van der Waals surface area contributed by atoms with Gasteiger partial charge in [-0.1, -0.05) is 152 Å². The second-order valence-corrected chi connectivity index (χ2v) is 15.0. The lowest BCUT2D eigenvalue weighted by Gasteiger charge is -2.23. The van der Waals surface area contributed by atoms with Crippen LogP contribution >= 0.6 is 0 Å². The second kappa shape index (κ2) is 40.0. The molecule has 0 heterocycles. The Balaban J connectivity index is 4.13. The average molecular weight is 699 g/mol. The van der Waals surface area contributed by atoms with Crippen LogP contribution < -0.4 is 0 Å². The van der Waals surface area contributed by atoms with E-state index in [9.17, 15) is 4.79 Å². The van der Waals surface area contributed by atoms with E-state index in [-0.39, 0.29) is 12.2 Å². The molecule has 0 aliphatic rings. The Hall–Kier alpha value is -1.81. The molecule has 50 heavy (non-hydrogen) atoms. The molecule has 0 atom stereocenters. The number of carbonyl (C=O) groups excluding carboxylic acids is 1. The van der Waals surface area contributed by atoms with E-state index < -0.39 is 0 Å². The minimum Gasteiger partial charge on any atom is -0.446 e. The molecule has 4 nitrogen and oxygen atoms in total. The number of hydrogen-bond acceptors (Lipinski definition) is 3. The van der Waals surface area contributed by atoms with Crippen molar-refractivity contribution in [2.75, 3.05) is 34.2 Å². The molecule has 0 aromatic heterocycles. The number of hydrogen-bond donors (Lipinski definition) is 0. The fourth-order valence-electron chi connectivity index (χ4n) is 6.28. The van der Waals surface area contributed by atoms with E-state index in [1.54, 1.807) is 4.90 Å². The standard InChI is InChI=1S/C46H86N2O2/c1-6-8-10-12-14-16-18-20-22-24-26-28-30-32-34-36-38-41-45(50-46(49)48(5)44-40-43-47(3)4)42-39-37-35-33-31-29-27-25-23-21-19-17-15-13-11-9-7-2/h14-17,20-23,45H,6-13,18-19,24-44H2,1-5H3/b16-14+,17-15+,22-20+,23-21+. The molecular formula is C46H86N2O2. The number of nitrogens with zero attached hydrogens (tertiary/aromatic N) is 2. The maximum Gasteiger partial charge on any atom is 0.409 e. The summed E-state index contributed by atoms with van der Waals surface area (Å²) in [4.78, 5) is 16.8. The SMILES string of the molecule is CCCCC/C=C/C/C=C/CCCCCCCCCC(CCCCCCCCC/C=C/C/C=C/CCCCC)OC(=O)N(C)CCCN(C)C. The largest absolute Gasteiger partial charge is 0.446 e. The molecule has 0 fully saturated rings. The maximum atomic E-state index is 12.9. The van der Waals surface area contributed by atoms with E-state index in [0.29, 0.717) is 0 Å². The Morgan fingerprint density at radius 1 is 0.460 bits per heavy atom. The van der Waals surface area contributed by atoms with Crippen molar-refractivity contribution in [3.63, 3.8) is 0 Å². The minimum absolute atomic E-state index is 0.0646. The van der Waals surface area contributed by atoms with Crippen LogP contribution in [0.2, 0.25) is 0 Å². The summed E-state index contributed by atoms with van der Waals surface area (Å²) in [5, 5.41) is 0. The molecule has 0 N–H and O–H groups in total. The molecule has 0 bridgehead atoms. The summed E-state index contributed by atoms with van der Waals surface area (Å²) < 4.78 is 6.08. The first-order valence-electron chi connectivity index (χ1n) is 21.7. The predicted octanol–water partition coefficient (Wildman–Crippen LogP) is 14.6. The van der Waals surface area contributed by atoms with E-state index in [4.69, 9.17) is 4.74 Å². The highest BCUT2D eigenvalue weighted by Crippen LogP contribution is 2.18. The summed E-state index contributed by atoms with van der Waals surface area (Å²) in [7, 11) is 6.05. The smallest absolute Gasteiger partial charge is 0.409 e. The van der Waals surface area contributed by atoms with Crippen LogP contribution in [-0.2, 0) is 4.74 Å². The van der Waals surface area contributed by atoms with Gasteiger partial charge < -0.3 is 14.5 Å². The molecule has 0 aromatic carbocycles. The Kier molecular flexibility index (Phi) is 38.5. The Morgan fingerprint density at radius 3 is 1.20 bits per heavy atom. The van der Waals surface area contributed by atoms with Crippen LogP contribution in [0.1, 0.15) is 200 Å². The number of ether oxygens (including phenoxy) is 1. The molecule has 0 rings (SSSR count). The quantitative estimate of drug-likeness (QED) is 0.0478. The maximum absolute atomic E-state index is 12.9.